The molecule has 3 atom stereocenters. The number of nitrogens with zero attached hydrogens (tertiary/aromatic N) is 1. The van der Waals surface area contributed by atoms with Gasteiger partial charge in [-0.3, -0.25) is 14.3 Å². The molecule has 1 aromatic rings. The van der Waals surface area contributed by atoms with Gasteiger partial charge in [-0.25, -0.2) is 4.39 Å². The Bertz CT molecular complexity index is 861. The molecule has 3 saturated carbocycles. The summed E-state index contributed by atoms with van der Waals surface area (Å²) in [4.78, 5) is 24.8. The Morgan fingerprint density at radius 1 is 1.40 bits per heavy atom. The number of hydrogen-bond donors (Lipinski definition) is 3. The Balaban J connectivity index is 1.19. The fourth-order valence-corrected chi connectivity index (χ4v) is 5.17. The van der Waals surface area contributed by atoms with Crippen molar-refractivity contribution in [2.75, 3.05) is 26.7 Å². The largest absolute Gasteiger partial charge is 0.612 e. The second-order valence-electron chi connectivity index (χ2n) is 9.18. The molecule has 3 aliphatic carbocycles. The summed E-state index contributed by atoms with van der Waals surface area (Å²) in [5.74, 6) is -0.608. The molecule has 3 N–H and O–H groups in total. The van der Waals surface area contributed by atoms with Crippen LogP contribution in [-0.2, 0) is 9.59 Å². The van der Waals surface area contributed by atoms with Gasteiger partial charge in [0.25, 0.3) is 5.91 Å². The summed E-state index contributed by atoms with van der Waals surface area (Å²) in [6, 6.07) is 4.03. The van der Waals surface area contributed by atoms with Gasteiger partial charge in [-0.15, -0.1) is 0 Å². The van der Waals surface area contributed by atoms with E-state index < -0.39 is 16.0 Å². The van der Waals surface area contributed by atoms with E-state index >= 15 is 0 Å². The third kappa shape index (κ3) is 3.99. The molecule has 3 unspecified atom stereocenters. The molecular formula is C20H26ClFN4O4. The second-order valence-corrected chi connectivity index (χ2v) is 9.58. The van der Waals surface area contributed by atoms with Crippen molar-refractivity contribution in [1.29, 1.82) is 0 Å². The van der Waals surface area contributed by atoms with Gasteiger partial charge in [-0.1, -0.05) is 11.6 Å². The predicted octanol–water partition coefficient (Wildman–Crippen LogP) is 1.48. The number of rotatable bonds is 7. The molecule has 10 heteroatoms. The SMILES string of the molecule is CC1N[N+](C)([O-])CC1CNC(=O)C12CC(NC(=O)COc3ccc(Cl)c(F)c3)(C1)C2. The topological polar surface area (TPSA) is 103 Å². The molecule has 1 heterocycles. The van der Waals surface area contributed by atoms with Gasteiger partial charge in [-0.05, 0) is 38.3 Å². The van der Waals surface area contributed by atoms with E-state index in [0.29, 0.717) is 32.4 Å². The zero-order chi connectivity index (χ0) is 21.7. The zero-order valence-corrected chi connectivity index (χ0v) is 17.7. The summed E-state index contributed by atoms with van der Waals surface area (Å²) in [5.41, 5.74) is 2.17. The lowest BCUT2D eigenvalue weighted by Gasteiger charge is -2.69. The monoisotopic (exact) mass is 440 g/mol. The first-order chi connectivity index (χ1) is 14.0. The van der Waals surface area contributed by atoms with E-state index in [2.05, 4.69) is 16.1 Å². The van der Waals surface area contributed by atoms with Crippen molar-refractivity contribution in [1.82, 2.24) is 16.1 Å². The molecule has 0 spiro atoms. The first kappa shape index (κ1) is 21.3. The van der Waals surface area contributed by atoms with Crippen LogP contribution in [0.5, 0.6) is 5.75 Å². The predicted molar refractivity (Wildman–Crippen MR) is 108 cm³/mol. The van der Waals surface area contributed by atoms with E-state index in [4.69, 9.17) is 16.3 Å². The standard InChI is InChI=1S/C20H26ClFN4O4/c1-12-13(7-26(2,29)25-12)6-23-18(28)19-9-20(10-19,11-19)24-17(27)8-30-14-3-4-15(21)16(22)5-14/h3-5,12-13,25H,6-11H2,1-2H3,(H,23,28)(H,24,27). The summed E-state index contributed by atoms with van der Waals surface area (Å²) in [6.45, 7) is 2.60. The van der Waals surface area contributed by atoms with Crippen molar-refractivity contribution in [2.45, 2.75) is 37.8 Å². The number of benzene rings is 1. The number of ether oxygens (including phenoxy) is 1. The maximum Gasteiger partial charge on any atom is 0.258 e. The summed E-state index contributed by atoms with van der Waals surface area (Å²) < 4.78 is 18.2. The van der Waals surface area contributed by atoms with Gasteiger partial charge in [0.1, 0.15) is 18.1 Å². The smallest absolute Gasteiger partial charge is 0.258 e. The summed E-state index contributed by atoms with van der Waals surface area (Å²) in [5, 5.41) is 17.9. The summed E-state index contributed by atoms with van der Waals surface area (Å²) >= 11 is 5.62. The first-order valence-corrected chi connectivity index (χ1v) is 10.4. The lowest BCUT2D eigenvalue weighted by atomic mass is 9.39. The van der Waals surface area contributed by atoms with Crippen LogP contribution < -0.4 is 20.8 Å². The minimum Gasteiger partial charge on any atom is -0.612 e. The molecule has 1 saturated heterocycles. The van der Waals surface area contributed by atoms with Gasteiger partial charge in [0, 0.05) is 24.1 Å². The van der Waals surface area contributed by atoms with Gasteiger partial charge in [0.15, 0.2) is 6.61 Å². The number of amides is 2. The van der Waals surface area contributed by atoms with Crippen LogP contribution in [0.4, 0.5) is 4.39 Å². The molecule has 0 radical (unpaired) electrons. The van der Waals surface area contributed by atoms with Gasteiger partial charge >= 0.3 is 0 Å². The van der Waals surface area contributed by atoms with Crippen molar-refractivity contribution in [3.8, 4) is 5.75 Å². The molecule has 4 aliphatic rings. The van der Waals surface area contributed by atoms with Crippen LogP contribution >= 0.6 is 11.6 Å². The lowest BCUT2D eigenvalue weighted by molar-refractivity contribution is -0.894. The summed E-state index contributed by atoms with van der Waals surface area (Å²) in [7, 11) is 1.57. The maximum absolute atomic E-state index is 13.4. The third-order valence-electron chi connectivity index (χ3n) is 6.47. The molecule has 4 fully saturated rings. The number of carbonyl (C=O) groups excluding carboxylic acids is 2. The van der Waals surface area contributed by atoms with Crippen LogP contribution in [0.15, 0.2) is 18.2 Å². The Morgan fingerprint density at radius 3 is 2.70 bits per heavy atom. The van der Waals surface area contributed by atoms with E-state index in [1.165, 1.54) is 12.1 Å². The highest BCUT2D eigenvalue weighted by Crippen LogP contribution is 2.67. The maximum atomic E-state index is 13.4. The number of hydrogen-bond acceptors (Lipinski definition) is 5. The zero-order valence-electron chi connectivity index (χ0n) is 17.0. The molecule has 2 amide bonds. The number of carbonyl (C=O) groups is 2. The van der Waals surface area contributed by atoms with E-state index in [1.54, 1.807) is 7.05 Å². The van der Waals surface area contributed by atoms with Crippen molar-refractivity contribution in [3.63, 3.8) is 0 Å². The molecule has 2 bridgehead atoms. The van der Waals surface area contributed by atoms with E-state index in [-0.39, 0.29) is 46.7 Å². The molecule has 30 heavy (non-hydrogen) atoms. The fraction of sp³-hybridized carbons (Fsp3) is 0.600. The first-order valence-electron chi connectivity index (χ1n) is 10.0. The van der Waals surface area contributed by atoms with Gasteiger partial charge < -0.3 is 20.6 Å². The molecule has 1 aromatic carbocycles. The summed E-state index contributed by atoms with van der Waals surface area (Å²) in [6.07, 6.45) is 1.79. The third-order valence-corrected chi connectivity index (χ3v) is 6.78. The van der Waals surface area contributed by atoms with Crippen molar-refractivity contribution in [2.24, 2.45) is 11.3 Å². The van der Waals surface area contributed by atoms with Crippen molar-refractivity contribution >= 4 is 23.4 Å². The molecule has 5 rings (SSSR count). The normalized spacial score (nSPS) is 36.4. The van der Waals surface area contributed by atoms with Crippen molar-refractivity contribution in [3.05, 3.63) is 34.2 Å². The highest BCUT2D eigenvalue weighted by molar-refractivity contribution is 6.30. The quantitative estimate of drug-likeness (QED) is 0.440. The van der Waals surface area contributed by atoms with Crippen LogP contribution in [0.25, 0.3) is 0 Å². The van der Waals surface area contributed by atoms with Crippen LogP contribution in [0.2, 0.25) is 5.02 Å². The van der Waals surface area contributed by atoms with Crippen LogP contribution in [0, 0.1) is 22.4 Å². The number of quaternary nitrogens is 1. The molecule has 0 aromatic heterocycles. The Morgan fingerprint density at radius 2 is 2.10 bits per heavy atom. The lowest BCUT2D eigenvalue weighted by Crippen LogP contribution is -2.78. The Kier molecular flexibility index (Phi) is 5.21. The second kappa shape index (κ2) is 7.33. The number of hydroxylamine groups is 2. The minimum atomic E-state index is -0.608. The molecule has 8 nitrogen and oxygen atoms in total. The average molecular weight is 441 g/mol. The minimum absolute atomic E-state index is 0.00860. The van der Waals surface area contributed by atoms with Crippen LogP contribution in [0.3, 0.4) is 0 Å². The Hall–Kier alpha value is -1.94. The fourth-order valence-electron chi connectivity index (χ4n) is 5.06. The van der Waals surface area contributed by atoms with Gasteiger partial charge in [-0.2, -0.15) is 5.43 Å². The van der Waals surface area contributed by atoms with E-state index in [1.807, 2.05) is 6.92 Å². The van der Waals surface area contributed by atoms with Crippen LogP contribution in [-0.4, -0.2) is 54.9 Å². The highest BCUT2D eigenvalue weighted by Gasteiger charge is 2.72. The highest BCUT2D eigenvalue weighted by atomic mass is 35.5. The van der Waals surface area contributed by atoms with E-state index in [9.17, 15) is 19.2 Å². The van der Waals surface area contributed by atoms with E-state index in [0.717, 1.165) is 6.07 Å². The van der Waals surface area contributed by atoms with Gasteiger partial charge in [0.05, 0.1) is 23.5 Å². The molecule has 1 aliphatic heterocycles. The average Bonchev–Trinajstić information content (AvgIpc) is 2.87. The Labute approximate surface area is 179 Å². The number of nitrogens with one attached hydrogen (secondary N) is 3. The molecule has 164 valence electrons. The number of halogens is 2. The van der Waals surface area contributed by atoms with Gasteiger partial charge in [0.2, 0.25) is 5.91 Å². The van der Waals surface area contributed by atoms with Crippen LogP contribution in [0.1, 0.15) is 26.2 Å². The van der Waals surface area contributed by atoms with Crippen molar-refractivity contribution < 1.29 is 23.5 Å². The molecular weight excluding hydrogens is 415 g/mol.